The predicted molar refractivity (Wildman–Crippen MR) is 122 cm³/mol. The highest BCUT2D eigenvalue weighted by Crippen LogP contribution is 2.07. The summed E-state index contributed by atoms with van der Waals surface area (Å²) in [5, 5.41) is 24.9. The van der Waals surface area contributed by atoms with Crippen LogP contribution in [0.2, 0.25) is 0 Å². The van der Waals surface area contributed by atoms with E-state index in [1.807, 2.05) is 0 Å². The number of nitrogens with one attached hydrogen (secondary N) is 3. The Labute approximate surface area is 201 Å². The van der Waals surface area contributed by atoms with Crippen LogP contribution in [0.3, 0.4) is 0 Å². The highest BCUT2D eigenvalue weighted by atomic mass is 16.4. The van der Waals surface area contributed by atoms with Gasteiger partial charge in [-0.05, 0) is 18.8 Å². The first-order chi connectivity index (χ1) is 16.1. The highest BCUT2D eigenvalue weighted by Gasteiger charge is 2.32. The van der Waals surface area contributed by atoms with E-state index in [0.29, 0.717) is 0 Å². The van der Waals surface area contributed by atoms with Gasteiger partial charge in [-0.15, -0.1) is 0 Å². The van der Waals surface area contributed by atoms with Gasteiger partial charge in [0.25, 0.3) is 0 Å². The number of hydrogen-bond donors (Lipinski definition) is 9. The molecule has 0 fully saturated rings. The van der Waals surface area contributed by atoms with Gasteiger partial charge in [-0.2, -0.15) is 0 Å². The average Bonchev–Trinajstić information content (AvgIpc) is 2.71. The van der Waals surface area contributed by atoms with E-state index in [9.17, 15) is 28.8 Å². The summed E-state index contributed by atoms with van der Waals surface area (Å²) in [5.74, 6) is -7.15. The molecule has 0 aliphatic carbocycles. The Morgan fingerprint density at radius 3 is 1.86 bits per heavy atom. The second kappa shape index (κ2) is 15.0. The zero-order chi connectivity index (χ0) is 27.3. The van der Waals surface area contributed by atoms with Crippen LogP contribution in [0, 0.1) is 5.92 Å². The number of rotatable bonds is 16. The molecule has 4 unspecified atom stereocenters. The van der Waals surface area contributed by atoms with Crippen molar-refractivity contribution in [1.29, 1.82) is 0 Å². The third-order valence-electron chi connectivity index (χ3n) is 4.58. The minimum absolute atomic E-state index is 0.0147. The monoisotopic (exact) mass is 502 g/mol. The molecular formula is C19H34N8O8. The van der Waals surface area contributed by atoms with Crippen LogP contribution in [0.1, 0.15) is 39.5 Å². The summed E-state index contributed by atoms with van der Waals surface area (Å²) >= 11 is 0. The standard InChI is InChI=1S/C19H34N8O8/c1-8(2)14(17(33)26-11(18(34)35)7-13(29)30)27-16(32)10(4-3-5-24-19(22)23)25-15(31)9(20)6-12(21)28/h8-11,14H,3-7,20H2,1-2H3,(H2,21,28)(H,25,31)(H,26,33)(H,27,32)(H,29,30)(H,34,35)(H4,22,23,24). The molecule has 16 heteroatoms. The van der Waals surface area contributed by atoms with Crippen molar-refractivity contribution in [3.05, 3.63) is 0 Å². The molecule has 13 N–H and O–H groups in total. The Hall–Kier alpha value is -3.95. The van der Waals surface area contributed by atoms with E-state index in [-0.39, 0.29) is 25.3 Å². The maximum atomic E-state index is 12.9. The molecule has 35 heavy (non-hydrogen) atoms. The molecule has 0 rings (SSSR count). The zero-order valence-corrected chi connectivity index (χ0v) is 19.5. The molecule has 0 radical (unpaired) electrons. The lowest BCUT2D eigenvalue weighted by Gasteiger charge is -2.26. The van der Waals surface area contributed by atoms with Crippen molar-refractivity contribution in [2.75, 3.05) is 6.54 Å². The molecule has 0 saturated carbocycles. The van der Waals surface area contributed by atoms with Crippen molar-refractivity contribution in [3.8, 4) is 0 Å². The van der Waals surface area contributed by atoms with Crippen LogP contribution in [0.15, 0.2) is 4.99 Å². The lowest BCUT2D eigenvalue weighted by molar-refractivity contribution is -0.147. The van der Waals surface area contributed by atoms with Crippen molar-refractivity contribution >= 4 is 41.5 Å². The van der Waals surface area contributed by atoms with Crippen molar-refractivity contribution < 1.29 is 39.0 Å². The van der Waals surface area contributed by atoms with Gasteiger partial charge in [0.1, 0.15) is 18.1 Å². The van der Waals surface area contributed by atoms with Crippen LogP contribution in [0.5, 0.6) is 0 Å². The maximum absolute atomic E-state index is 12.9. The molecule has 0 aromatic rings. The lowest BCUT2D eigenvalue weighted by Crippen LogP contribution is -2.58. The predicted octanol–water partition coefficient (Wildman–Crippen LogP) is -4.09. The van der Waals surface area contributed by atoms with E-state index in [1.54, 1.807) is 13.8 Å². The van der Waals surface area contributed by atoms with E-state index < -0.39 is 78.5 Å². The molecule has 16 nitrogen and oxygen atoms in total. The number of nitrogens with zero attached hydrogens (tertiary/aromatic N) is 1. The first-order valence-corrected chi connectivity index (χ1v) is 10.6. The Balaban J connectivity index is 5.56. The van der Waals surface area contributed by atoms with Crippen molar-refractivity contribution in [3.63, 3.8) is 0 Å². The number of carbonyl (C=O) groups is 6. The first kappa shape index (κ1) is 31.0. The molecule has 4 amide bonds. The number of carboxylic acids is 2. The summed E-state index contributed by atoms with van der Waals surface area (Å²) in [6, 6.07) is -5.54. The zero-order valence-electron chi connectivity index (χ0n) is 19.5. The lowest BCUT2D eigenvalue weighted by atomic mass is 10.0. The topological polar surface area (TPSA) is 295 Å². The summed E-state index contributed by atoms with van der Waals surface area (Å²) < 4.78 is 0. The number of amides is 4. The SMILES string of the molecule is CC(C)C(NC(=O)C(CCCN=C(N)N)NC(=O)C(N)CC(N)=O)C(=O)NC(CC(=O)O)C(=O)O. The van der Waals surface area contributed by atoms with Gasteiger partial charge in [0, 0.05) is 6.54 Å². The van der Waals surface area contributed by atoms with Crippen LogP contribution in [-0.2, 0) is 28.8 Å². The van der Waals surface area contributed by atoms with Gasteiger partial charge < -0.3 is 49.1 Å². The summed E-state index contributed by atoms with van der Waals surface area (Å²) in [7, 11) is 0. The largest absolute Gasteiger partial charge is 0.481 e. The number of carbonyl (C=O) groups excluding carboxylic acids is 4. The molecule has 0 aliphatic heterocycles. The third-order valence-corrected chi connectivity index (χ3v) is 4.58. The number of nitrogens with two attached hydrogens (primary N) is 4. The quantitative estimate of drug-likeness (QED) is 0.0555. The van der Waals surface area contributed by atoms with Crippen molar-refractivity contribution in [2.45, 2.75) is 63.7 Å². The average molecular weight is 503 g/mol. The van der Waals surface area contributed by atoms with E-state index in [4.69, 9.17) is 33.1 Å². The Kier molecular flexibility index (Phi) is 13.4. The van der Waals surface area contributed by atoms with Crippen LogP contribution in [-0.4, -0.2) is 82.5 Å². The van der Waals surface area contributed by atoms with E-state index in [1.165, 1.54) is 0 Å². The summed E-state index contributed by atoms with van der Waals surface area (Å²) in [6.07, 6.45) is -1.09. The summed E-state index contributed by atoms with van der Waals surface area (Å²) in [5.41, 5.74) is 21.2. The second-order valence-electron chi connectivity index (χ2n) is 8.01. The summed E-state index contributed by atoms with van der Waals surface area (Å²) in [6.45, 7) is 3.25. The molecule has 198 valence electrons. The highest BCUT2D eigenvalue weighted by molar-refractivity contribution is 5.95. The number of primary amides is 1. The number of carboxylic acid groups (broad SMARTS) is 2. The maximum Gasteiger partial charge on any atom is 0.326 e. The van der Waals surface area contributed by atoms with Gasteiger partial charge in [-0.1, -0.05) is 13.8 Å². The fraction of sp³-hybridized carbons (Fsp3) is 0.632. The van der Waals surface area contributed by atoms with Crippen LogP contribution in [0.4, 0.5) is 0 Å². The second-order valence-corrected chi connectivity index (χ2v) is 8.01. The van der Waals surface area contributed by atoms with Gasteiger partial charge in [0.05, 0.1) is 18.9 Å². The van der Waals surface area contributed by atoms with Crippen molar-refractivity contribution in [1.82, 2.24) is 16.0 Å². The molecule has 0 aromatic carbocycles. The molecular weight excluding hydrogens is 468 g/mol. The molecule has 0 spiro atoms. The van der Waals surface area contributed by atoms with Gasteiger partial charge in [-0.3, -0.25) is 29.0 Å². The normalized spacial score (nSPS) is 14.1. The van der Waals surface area contributed by atoms with E-state index >= 15 is 0 Å². The fourth-order valence-corrected chi connectivity index (χ4v) is 2.79. The van der Waals surface area contributed by atoms with E-state index in [0.717, 1.165) is 0 Å². The van der Waals surface area contributed by atoms with Crippen LogP contribution >= 0.6 is 0 Å². The number of hydrogen-bond acceptors (Lipinski definition) is 8. The number of aliphatic imine (C=N–C) groups is 1. The van der Waals surface area contributed by atoms with E-state index in [2.05, 4.69) is 20.9 Å². The molecule has 0 saturated heterocycles. The summed E-state index contributed by atoms with van der Waals surface area (Å²) in [4.78, 5) is 74.8. The van der Waals surface area contributed by atoms with Crippen LogP contribution in [0.25, 0.3) is 0 Å². The minimum Gasteiger partial charge on any atom is -0.481 e. The molecule has 0 aromatic heterocycles. The molecule has 4 atom stereocenters. The Morgan fingerprint density at radius 2 is 1.40 bits per heavy atom. The minimum atomic E-state index is -1.72. The Morgan fingerprint density at radius 1 is 0.829 bits per heavy atom. The number of guanidine groups is 1. The molecule has 0 bridgehead atoms. The van der Waals surface area contributed by atoms with Crippen LogP contribution < -0.4 is 38.9 Å². The molecule has 0 heterocycles. The van der Waals surface area contributed by atoms with Gasteiger partial charge >= 0.3 is 11.9 Å². The van der Waals surface area contributed by atoms with Gasteiger partial charge in [0.15, 0.2) is 5.96 Å². The third kappa shape index (κ3) is 12.8. The number of aliphatic carboxylic acids is 2. The fourth-order valence-electron chi connectivity index (χ4n) is 2.79. The van der Waals surface area contributed by atoms with Crippen molar-refractivity contribution in [2.24, 2.45) is 33.8 Å². The van der Waals surface area contributed by atoms with Gasteiger partial charge in [-0.25, -0.2) is 4.79 Å². The molecule has 0 aliphatic rings. The van der Waals surface area contributed by atoms with Gasteiger partial charge in [0.2, 0.25) is 23.6 Å². The Bertz CT molecular complexity index is 828. The first-order valence-electron chi connectivity index (χ1n) is 10.6. The smallest absolute Gasteiger partial charge is 0.326 e.